The minimum Gasteiger partial charge on any atom is -0.370 e. The molecule has 0 amide bonds. The van der Waals surface area contributed by atoms with Gasteiger partial charge < -0.3 is 10.2 Å². The summed E-state index contributed by atoms with van der Waals surface area (Å²) >= 11 is 0. The summed E-state index contributed by atoms with van der Waals surface area (Å²) in [4.78, 5) is 6.14. The van der Waals surface area contributed by atoms with Crippen molar-refractivity contribution in [3.8, 4) is 0 Å². The molecule has 0 radical (unpaired) electrons. The first-order valence-electron chi connectivity index (χ1n) is 8.27. The molecule has 0 spiro atoms. The standard InChI is InChI=1S/C18H26F3N3/c1-5-17(2,3)11-15-16(10-13(12-23-15)18(19,20)21)24(4)14-6-8-22-9-7-14/h5,10,12,14,22H,1,6-9,11H2,2-4H3. The van der Waals surface area contributed by atoms with Crippen molar-refractivity contribution >= 4 is 5.69 Å². The first-order valence-corrected chi connectivity index (χ1v) is 8.27. The highest BCUT2D eigenvalue weighted by Gasteiger charge is 2.33. The largest absolute Gasteiger partial charge is 0.417 e. The quantitative estimate of drug-likeness (QED) is 0.819. The molecule has 1 aromatic heterocycles. The van der Waals surface area contributed by atoms with E-state index in [0.29, 0.717) is 17.8 Å². The average molecular weight is 341 g/mol. The van der Waals surface area contributed by atoms with E-state index in [4.69, 9.17) is 0 Å². The Labute approximate surface area is 142 Å². The SMILES string of the molecule is C=CC(C)(C)Cc1ncc(C(F)(F)F)cc1N(C)C1CCNCC1. The molecule has 24 heavy (non-hydrogen) atoms. The molecule has 0 aromatic carbocycles. The van der Waals surface area contributed by atoms with Gasteiger partial charge in [0.05, 0.1) is 16.9 Å². The molecule has 1 saturated heterocycles. The predicted molar refractivity (Wildman–Crippen MR) is 91.2 cm³/mol. The zero-order valence-electron chi connectivity index (χ0n) is 14.6. The second-order valence-electron chi connectivity index (χ2n) is 7.15. The Bertz CT molecular complexity index is 575. The summed E-state index contributed by atoms with van der Waals surface area (Å²) in [6, 6.07) is 1.46. The molecule has 1 fully saturated rings. The first kappa shape index (κ1) is 18.8. The van der Waals surface area contributed by atoms with E-state index < -0.39 is 11.7 Å². The highest BCUT2D eigenvalue weighted by molar-refractivity contribution is 5.53. The van der Waals surface area contributed by atoms with Crippen molar-refractivity contribution in [1.29, 1.82) is 0 Å². The minimum absolute atomic E-state index is 0.224. The summed E-state index contributed by atoms with van der Waals surface area (Å²) in [5, 5.41) is 3.28. The molecule has 0 unspecified atom stereocenters. The number of anilines is 1. The molecule has 2 rings (SSSR count). The third kappa shape index (κ3) is 4.50. The Balaban J connectivity index is 2.40. The van der Waals surface area contributed by atoms with Crippen LogP contribution in [0.25, 0.3) is 0 Å². The zero-order valence-corrected chi connectivity index (χ0v) is 14.6. The van der Waals surface area contributed by atoms with Crippen molar-refractivity contribution < 1.29 is 13.2 Å². The van der Waals surface area contributed by atoms with Gasteiger partial charge in [-0.3, -0.25) is 4.98 Å². The van der Waals surface area contributed by atoms with E-state index in [2.05, 4.69) is 16.9 Å². The highest BCUT2D eigenvalue weighted by Crippen LogP contribution is 2.35. The normalized spacial score (nSPS) is 16.9. The Hall–Kier alpha value is -1.56. The van der Waals surface area contributed by atoms with Crippen molar-refractivity contribution in [2.24, 2.45) is 5.41 Å². The molecule has 3 nitrogen and oxygen atoms in total. The van der Waals surface area contributed by atoms with Crippen LogP contribution in [0, 0.1) is 5.41 Å². The van der Waals surface area contributed by atoms with E-state index >= 15 is 0 Å². The molecular weight excluding hydrogens is 315 g/mol. The smallest absolute Gasteiger partial charge is 0.370 e. The second kappa shape index (κ2) is 7.13. The molecule has 0 saturated carbocycles. The average Bonchev–Trinajstić information content (AvgIpc) is 2.54. The summed E-state index contributed by atoms with van der Waals surface area (Å²) in [7, 11) is 1.87. The molecule has 2 heterocycles. The van der Waals surface area contributed by atoms with E-state index in [1.54, 1.807) is 0 Å². The molecule has 0 bridgehead atoms. The van der Waals surface area contributed by atoms with Gasteiger partial charge in [0, 0.05) is 25.7 Å². The van der Waals surface area contributed by atoms with Gasteiger partial charge in [-0.2, -0.15) is 13.2 Å². The molecule has 1 aliphatic heterocycles. The number of piperidine rings is 1. The van der Waals surface area contributed by atoms with Crippen LogP contribution in [0.5, 0.6) is 0 Å². The van der Waals surface area contributed by atoms with E-state index in [0.717, 1.165) is 32.1 Å². The minimum atomic E-state index is -4.39. The van der Waals surface area contributed by atoms with E-state index in [-0.39, 0.29) is 11.5 Å². The topological polar surface area (TPSA) is 28.2 Å². The number of allylic oxidation sites excluding steroid dienone is 1. The number of rotatable bonds is 5. The van der Waals surface area contributed by atoms with Crippen molar-refractivity contribution in [2.45, 2.75) is 45.3 Å². The molecule has 0 aliphatic carbocycles. The Morgan fingerprint density at radius 2 is 1.96 bits per heavy atom. The zero-order chi connectivity index (χ0) is 18.0. The molecule has 1 aromatic rings. The van der Waals surface area contributed by atoms with Crippen LogP contribution in [-0.4, -0.2) is 31.2 Å². The number of nitrogens with one attached hydrogen (secondary N) is 1. The summed E-state index contributed by atoms with van der Waals surface area (Å²) in [5.74, 6) is 0. The van der Waals surface area contributed by atoms with Crippen LogP contribution in [0.3, 0.4) is 0 Å². The van der Waals surface area contributed by atoms with Crippen LogP contribution < -0.4 is 10.2 Å². The number of halogens is 3. The van der Waals surface area contributed by atoms with E-state index in [1.807, 2.05) is 31.9 Å². The molecule has 134 valence electrons. The lowest BCUT2D eigenvalue weighted by Crippen LogP contribution is -2.41. The van der Waals surface area contributed by atoms with E-state index in [9.17, 15) is 13.2 Å². The molecular formula is C18H26F3N3. The van der Waals surface area contributed by atoms with Crippen molar-refractivity contribution in [2.75, 3.05) is 25.0 Å². The van der Waals surface area contributed by atoms with Gasteiger partial charge in [0.25, 0.3) is 0 Å². The Morgan fingerprint density at radius 3 is 2.50 bits per heavy atom. The fraction of sp³-hybridized carbons (Fsp3) is 0.611. The Kier molecular flexibility index (Phi) is 5.58. The monoisotopic (exact) mass is 341 g/mol. The number of hydrogen-bond donors (Lipinski definition) is 1. The van der Waals surface area contributed by atoms with Crippen LogP contribution in [0.1, 0.15) is 37.9 Å². The lowest BCUT2D eigenvalue weighted by Gasteiger charge is -2.35. The second-order valence-corrected chi connectivity index (χ2v) is 7.15. The third-order valence-electron chi connectivity index (χ3n) is 4.69. The van der Waals surface area contributed by atoms with Gasteiger partial charge in [0.15, 0.2) is 0 Å². The lowest BCUT2D eigenvalue weighted by atomic mass is 9.87. The van der Waals surface area contributed by atoms with Crippen molar-refractivity contribution in [3.63, 3.8) is 0 Å². The van der Waals surface area contributed by atoms with Gasteiger partial charge in [-0.25, -0.2) is 0 Å². The van der Waals surface area contributed by atoms with Gasteiger partial charge in [-0.15, -0.1) is 6.58 Å². The number of hydrogen-bond acceptors (Lipinski definition) is 3. The molecule has 0 atom stereocenters. The number of pyridine rings is 1. The van der Waals surface area contributed by atoms with Gasteiger partial charge >= 0.3 is 6.18 Å². The summed E-state index contributed by atoms with van der Waals surface area (Å²) in [5.41, 5.74) is 0.343. The number of alkyl halides is 3. The van der Waals surface area contributed by atoms with Crippen LogP contribution >= 0.6 is 0 Å². The van der Waals surface area contributed by atoms with Crippen molar-refractivity contribution in [3.05, 3.63) is 36.2 Å². The predicted octanol–water partition coefficient (Wildman–Crippen LogP) is 4.04. The summed E-state index contributed by atoms with van der Waals surface area (Å²) < 4.78 is 39.4. The third-order valence-corrected chi connectivity index (χ3v) is 4.69. The van der Waals surface area contributed by atoms with Crippen LogP contribution in [-0.2, 0) is 12.6 Å². The molecule has 1 aliphatic rings. The van der Waals surface area contributed by atoms with Crippen LogP contribution in [0.15, 0.2) is 24.9 Å². The number of aromatic nitrogens is 1. The lowest BCUT2D eigenvalue weighted by molar-refractivity contribution is -0.137. The maximum Gasteiger partial charge on any atom is 0.417 e. The first-order chi connectivity index (χ1) is 11.1. The summed E-state index contributed by atoms with van der Waals surface area (Å²) in [6.45, 7) is 9.60. The van der Waals surface area contributed by atoms with Gasteiger partial charge in [-0.1, -0.05) is 19.9 Å². The maximum atomic E-state index is 13.1. The molecule has 1 N–H and O–H groups in total. The van der Waals surface area contributed by atoms with Crippen LogP contribution in [0.4, 0.5) is 18.9 Å². The van der Waals surface area contributed by atoms with Crippen molar-refractivity contribution in [1.82, 2.24) is 10.3 Å². The maximum absolute atomic E-state index is 13.1. The number of nitrogens with zero attached hydrogens (tertiary/aromatic N) is 2. The van der Waals surface area contributed by atoms with Gasteiger partial charge in [-0.05, 0) is 37.4 Å². The molecule has 6 heteroatoms. The summed E-state index contributed by atoms with van der Waals surface area (Å²) in [6.07, 6.45) is 0.755. The van der Waals surface area contributed by atoms with Crippen LogP contribution in [0.2, 0.25) is 0 Å². The van der Waals surface area contributed by atoms with Gasteiger partial charge in [0.2, 0.25) is 0 Å². The highest BCUT2D eigenvalue weighted by atomic mass is 19.4. The van der Waals surface area contributed by atoms with Gasteiger partial charge in [0.1, 0.15) is 0 Å². The van der Waals surface area contributed by atoms with E-state index in [1.165, 1.54) is 6.07 Å². The fourth-order valence-electron chi connectivity index (χ4n) is 2.97. The fourth-order valence-corrected chi connectivity index (χ4v) is 2.97. The Morgan fingerprint density at radius 1 is 1.33 bits per heavy atom.